The number of halogens is 2. The van der Waals surface area contributed by atoms with E-state index in [0.717, 1.165) is 16.7 Å². The number of thioether (sulfide) groups is 1. The number of anilines is 1. The van der Waals surface area contributed by atoms with E-state index in [1.54, 1.807) is 12.1 Å². The van der Waals surface area contributed by atoms with Crippen molar-refractivity contribution >= 4 is 69.5 Å². The number of imide groups is 1. The van der Waals surface area contributed by atoms with Crippen LogP contribution in [-0.4, -0.2) is 33.4 Å². The largest absolute Gasteiger partial charge is 0.377 e. The average molecular weight is 466 g/mol. The fraction of sp³-hybridized carbons (Fsp3) is 0.111. The van der Waals surface area contributed by atoms with Crippen molar-refractivity contribution in [2.45, 2.75) is 11.7 Å². The number of nitrogens with two attached hydrogens (primary N) is 1. The van der Waals surface area contributed by atoms with E-state index in [2.05, 4.69) is 10.2 Å². The smallest absolute Gasteiger partial charge is 0.278 e. The van der Waals surface area contributed by atoms with Crippen molar-refractivity contribution in [3.05, 3.63) is 68.2 Å². The number of nitro benzene ring substituents is 1. The van der Waals surface area contributed by atoms with Gasteiger partial charge in [0, 0.05) is 17.5 Å². The van der Waals surface area contributed by atoms with Crippen LogP contribution < -0.4 is 10.6 Å². The molecule has 0 bridgehead atoms. The molecule has 0 saturated carbocycles. The van der Waals surface area contributed by atoms with Gasteiger partial charge in [-0.05, 0) is 24.3 Å². The summed E-state index contributed by atoms with van der Waals surface area (Å²) in [6.07, 6.45) is 1.08. The van der Waals surface area contributed by atoms with Crippen LogP contribution in [0.5, 0.6) is 0 Å². The van der Waals surface area contributed by atoms with E-state index in [1.165, 1.54) is 36.5 Å². The van der Waals surface area contributed by atoms with Crippen LogP contribution >= 0.6 is 35.0 Å². The number of nitrogens with zero attached hydrogens (tertiary/aromatic N) is 4. The number of para-hydroxylation sites is 1. The highest BCUT2D eigenvalue weighted by molar-refractivity contribution is 8.14. The molecule has 0 aliphatic carbocycles. The van der Waals surface area contributed by atoms with Gasteiger partial charge in [-0.15, -0.1) is 5.10 Å². The first-order chi connectivity index (χ1) is 14.3. The van der Waals surface area contributed by atoms with Crippen molar-refractivity contribution < 1.29 is 14.5 Å². The predicted octanol–water partition coefficient (Wildman–Crippen LogP) is 3.62. The summed E-state index contributed by atoms with van der Waals surface area (Å²) >= 11 is 12.9. The molecule has 1 aliphatic rings. The van der Waals surface area contributed by atoms with Gasteiger partial charge in [-0.25, -0.2) is 4.90 Å². The molecular formula is C18H13Cl2N5O4S. The number of amidine groups is 1. The van der Waals surface area contributed by atoms with Gasteiger partial charge < -0.3 is 5.73 Å². The number of hydrogen-bond acceptors (Lipinski definition) is 7. The minimum absolute atomic E-state index is 0.0741. The molecule has 0 spiro atoms. The Hall–Kier alpha value is -2.95. The third kappa shape index (κ3) is 4.78. The lowest BCUT2D eigenvalue weighted by molar-refractivity contribution is -0.385. The van der Waals surface area contributed by atoms with Crippen LogP contribution in [0.3, 0.4) is 0 Å². The Bertz CT molecular complexity index is 1090. The highest BCUT2D eigenvalue weighted by Gasteiger charge is 2.41. The minimum atomic E-state index is -0.808. The average Bonchev–Trinajstić information content (AvgIpc) is 2.97. The molecule has 2 aromatic rings. The molecule has 0 radical (unpaired) electrons. The number of nitro groups is 1. The van der Waals surface area contributed by atoms with Gasteiger partial charge in [-0.2, -0.15) is 5.10 Å². The summed E-state index contributed by atoms with van der Waals surface area (Å²) in [4.78, 5) is 36.5. The molecular weight excluding hydrogens is 453 g/mol. The third-order valence-corrected chi connectivity index (χ3v) is 5.53. The Balaban J connectivity index is 1.72. The second-order valence-electron chi connectivity index (χ2n) is 5.97. The quantitative estimate of drug-likeness (QED) is 0.235. The molecule has 1 unspecified atom stereocenters. The monoisotopic (exact) mass is 465 g/mol. The van der Waals surface area contributed by atoms with E-state index >= 15 is 0 Å². The van der Waals surface area contributed by atoms with E-state index in [4.69, 9.17) is 28.9 Å². The maximum Gasteiger partial charge on any atom is 0.278 e. The topological polar surface area (TPSA) is 131 Å². The van der Waals surface area contributed by atoms with Crippen LogP contribution in [0, 0.1) is 10.1 Å². The van der Waals surface area contributed by atoms with Crippen LogP contribution in [0.25, 0.3) is 0 Å². The summed E-state index contributed by atoms with van der Waals surface area (Å²) in [5, 5.41) is 18.1. The van der Waals surface area contributed by atoms with Crippen molar-refractivity contribution in [3.8, 4) is 0 Å². The fourth-order valence-corrected chi connectivity index (χ4v) is 3.87. The second-order valence-corrected chi connectivity index (χ2v) is 8.04. The highest BCUT2D eigenvalue weighted by atomic mass is 35.5. The lowest BCUT2D eigenvalue weighted by Crippen LogP contribution is -2.32. The molecule has 2 aromatic carbocycles. The highest BCUT2D eigenvalue weighted by Crippen LogP contribution is 2.35. The standard InChI is InChI=1S/C18H13Cl2N5O4S/c19-11-5-6-12(20)14(7-11)24-16(26)8-15(17(24)27)30-18(21)23-22-9-10-3-1-2-4-13(10)25(28)29/h1-7,9,15H,8H2,(H2,21,23)/b22-9+. The lowest BCUT2D eigenvalue weighted by atomic mass is 10.2. The summed E-state index contributed by atoms with van der Waals surface area (Å²) in [7, 11) is 0. The van der Waals surface area contributed by atoms with Gasteiger partial charge in [0.25, 0.3) is 5.69 Å². The van der Waals surface area contributed by atoms with Gasteiger partial charge in [0.05, 0.1) is 27.4 Å². The normalized spacial score (nSPS) is 17.2. The van der Waals surface area contributed by atoms with Crippen molar-refractivity contribution in [3.63, 3.8) is 0 Å². The summed E-state index contributed by atoms with van der Waals surface area (Å²) < 4.78 is 0. The molecule has 1 heterocycles. The molecule has 9 nitrogen and oxygen atoms in total. The van der Waals surface area contributed by atoms with Gasteiger partial charge in [-0.3, -0.25) is 19.7 Å². The van der Waals surface area contributed by atoms with E-state index < -0.39 is 22.0 Å². The number of rotatable bonds is 5. The zero-order valence-electron chi connectivity index (χ0n) is 15.1. The maximum atomic E-state index is 12.7. The molecule has 154 valence electrons. The van der Waals surface area contributed by atoms with Crippen molar-refractivity contribution in [2.24, 2.45) is 15.9 Å². The fourth-order valence-electron chi connectivity index (χ4n) is 2.69. The zero-order valence-corrected chi connectivity index (χ0v) is 17.4. The van der Waals surface area contributed by atoms with Crippen LogP contribution in [0.15, 0.2) is 52.7 Å². The van der Waals surface area contributed by atoms with E-state index in [1.807, 2.05) is 0 Å². The summed E-state index contributed by atoms with van der Waals surface area (Å²) in [6, 6.07) is 10.5. The Kier molecular flexibility index (Phi) is 6.70. The van der Waals surface area contributed by atoms with Gasteiger partial charge in [0.1, 0.15) is 5.25 Å². The van der Waals surface area contributed by atoms with E-state index in [0.29, 0.717) is 5.02 Å². The van der Waals surface area contributed by atoms with E-state index in [9.17, 15) is 19.7 Å². The van der Waals surface area contributed by atoms with Gasteiger partial charge >= 0.3 is 0 Å². The first-order valence-corrected chi connectivity index (χ1v) is 10.00. The number of hydrogen-bond donors (Lipinski definition) is 1. The number of amides is 2. The van der Waals surface area contributed by atoms with Crippen molar-refractivity contribution in [2.75, 3.05) is 4.90 Å². The number of benzene rings is 2. The van der Waals surface area contributed by atoms with E-state index in [-0.39, 0.29) is 33.5 Å². The van der Waals surface area contributed by atoms with Crippen molar-refractivity contribution in [1.82, 2.24) is 0 Å². The first-order valence-electron chi connectivity index (χ1n) is 8.36. The Labute approximate surface area is 184 Å². The summed E-state index contributed by atoms with van der Waals surface area (Å²) in [6.45, 7) is 0. The molecule has 1 atom stereocenters. The number of carbonyl (C=O) groups excluding carboxylic acids is 2. The van der Waals surface area contributed by atoms with Crippen LogP contribution in [0.1, 0.15) is 12.0 Å². The van der Waals surface area contributed by atoms with Crippen molar-refractivity contribution in [1.29, 1.82) is 0 Å². The zero-order chi connectivity index (χ0) is 21.8. The molecule has 1 aliphatic heterocycles. The van der Waals surface area contributed by atoms with Crippen LogP contribution in [-0.2, 0) is 9.59 Å². The molecule has 2 amide bonds. The number of carbonyl (C=O) groups is 2. The summed E-state index contributed by atoms with van der Waals surface area (Å²) in [5.74, 6) is -0.951. The molecule has 0 aromatic heterocycles. The van der Waals surface area contributed by atoms with Crippen LogP contribution in [0.4, 0.5) is 11.4 Å². The predicted molar refractivity (Wildman–Crippen MR) is 117 cm³/mol. The molecule has 12 heteroatoms. The van der Waals surface area contributed by atoms with Gasteiger partial charge in [0.2, 0.25) is 11.8 Å². The second kappa shape index (κ2) is 9.24. The Morgan fingerprint density at radius 2 is 2.00 bits per heavy atom. The Morgan fingerprint density at radius 3 is 2.73 bits per heavy atom. The molecule has 30 heavy (non-hydrogen) atoms. The summed E-state index contributed by atoms with van der Waals surface area (Å²) in [5.41, 5.74) is 6.12. The minimum Gasteiger partial charge on any atom is -0.377 e. The lowest BCUT2D eigenvalue weighted by Gasteiger charge is -2.16. The first kappa shape index (κ1) is 21.8. The third-order valence-electron chi connectivity index (χ3n) is 4.00. The molecule has 1 saturated heterocycles. The van der Waals surface area contributed by atoms with Crippen LogP contribution in [0.2, 0.25) is 10.0 Å². The molecule has 3 rings (SSSR count). The van der Waals surface area contributed by atoms with Gasteiger partial charge in [0.15, 0.2) is 5.17 Å². The molecule has 1 fully saturated rings. The molecule has 2 N–H and O–H groups in total. The maximum absolute atomic E-state index is 12.7. The Morgan fingerprint density at radius 1 is 1.27 bits per heavy atom. The SMILES string of the molecule is N/C(=N\N=C\c1ccccc1[N+](=O)[O-])SC1CC(=O)N(c2cc(Cl)ccc2Cl)C1=O. The van der Waals surface area contributed by atoms with Gasteiger partial charge in [-0.1, -0.05) is 47.1 Å².